The highest BCUT2D eigenvalue weighted by Crippen LogP contribution is 2.19. The summed E-state index contributed by atoms with van der Waals surface area (Å²) in [7, 11) is 3.36. The third-order valence-corrected chi connectivity index (χ3v) is 4.08. The zero-order valence-corrected chi connectivity index (χ0v) is 14.0. The lowest BCUT2D eigenvalue weighted by molar-refractivity contribution is 0.00592. The van der Waals surface area contributed by atoms with Crippen LogP contribution < -0.4 is 5.32 Å². The Bertz CT molecular complexity index is 521. The van der Waals surface area contributed by atoms with Gasteiger partial charge >= 0.3 is 0 Å². The van der Waals surface area contributed by atoms with Crippen LogP contribution in [0, 0.1) is 5.92 Å². The summed E-state index contributed by atoms with van der Waals surface area (Å²) in [6, 6.07) is 6.49. The Morgan fingerprint density at radius 1 is 1.23 bits per heavy atom. The molecule has 1 aromatic carbocycles. The zero-order valence-electron chi connectivity index (χ0n) is 14.0. The van der Waals surface area contributed by atoms with Gasteiger partial charge in [0.25, 0.3) is 11.8 Å². The number of nitrogens with one attached hydrogen (secondary N) is 1. The molecule has 1 rings (SSSR count). The number of nitrogens with zero attached hydrogens (tertiary/aromatic N) is 1. The highest BCUT2D eigenvalue weighted by molar-refractivity contribution is 5.97. The van der Waals surface area contributed by atoms with Crippen LogP contribution in [0.5, 0.6) is 0 Å². The third kappa shape index (κ3) is 4.56. The number of benzene rings is 1. The third-order valence-electron chi connectivity index (χ3n) is 4.08. The first-order valence-corrected chi connectivity index (χ1v) is 7.51. The molecule has 22 heavy (non-hydrogen) atoms. The Morgan fingerprint density at radius 2 is 1.73 bits per heavy atom. The van der Waals surface area contributed by atoms with Gasteiger partial charge in [-0.25, -0.2) is 0 Å². The van der Waals surface area contributed by atoms with E-state index in [0.29, 0.717) is 11.1 Å². The maximum Gasteiger partial charge on any atom is 0.253 e. The van der Waals surface area contributed by atoms with Crippen LogP contribution in [0.1, 0.15) is 47.9 Å². The number of rotatable bonds is 6. The Hall–Kier alpha value is -1.88. The minimum Gasteiger partial charge on any atom is -0.388 e. The molecular weight excluding hydrogens is 280 g/mol. The normalized spacial score (nSPS) is 14.8. The smallest absolute Gasteiger partial charge is 0.253 e. The van der Waals surface area contributed by atoms with Crippen LogP contribution in [0.2, 0.25) is 0 Å². The maximum atomic E-state index is 12.1. The predicted molar refractivity (Wildman–Crippen MR) is 86.9 cm³/mol. The minimum atomic E-state index is -0.939. The van der Waals surface area contributed by atoms with Crippen LogP contribution in [0.15, 0.2) is 24.3 Å². The Labute approximate surface area is 132 Å². The molecular formula is C17H26N2O3. The molecule has 0 aliphatic rings. The van der Waals surface area contributed by atoms with Crippen molar-refractivity contribution in [2.24, 2.45) is 5.92 Å². The van der Waals surface area contributed by atoms with Crippen LogP contribution >= 0.6 is 0 Å². The van der Waals surface area contributed by atoms with Gasteiger partial charge in [0, 0.05) is 31.8 Å². The molecule has 0 aromatic heterocycles. The van der Waals surface area contributed by atoms with Gasteiger partial charge in [-0.1, -0.05) is 20.3 Å². The lowest BCUT2D eigenvalue weighted by atomic mass is 9.88. The Kier molecular flexibility index (Phi) is 6.11. The molecule has 0 fully saturated rings. The van der Waals surface area contributed by atoms with E-state index in [1.54, 1.807) is 45.3 Å². The van der Waals surface area contributed by atoms with E-state index in [0.717, 1.165) is 6.42 Å². The van der Waals surface area contributed by atoms with Crippen LogP contribution in [0.4, 0.5) is 0 Å². The van der Waals surface area contributed by atoms with Crippen molar-refractivity contribution < 1.29 is 14.7 Å². The molecule has 5 nitrogen and oxygen atoms in total. The molecule has 0 spiro atoms. The average molecular weight is 306 g/mol. The van der Waals surface area contributed by atoms with Crippen LogP contribution in [0.3, 0.4) is 0 Å². The average Bonchev–Trinajstić information content (AvgIpc) is 2.51. The number of amides is 2. The molecule has 0 bridgehead atoms. The molecule has 5 heteroatoms. The van der Waals surface area contributed by atoms with Gasteiger partial charge in [0.1, 0.15) is 0 Å². The standard InChI is InChI=1S/C17H26N2O3/c1-6-12(2)17(3,22)11-18-15(20)13-7-9-14(10-8-13)16(21)19(4)5/h7-10,12,22H,6,11H2,1-5H3,(H,18,20). The van der Waals surface area contributed by atoms with Gasteiger partial charge in [-0.05, 0) is 37.1 Å². The van der Waals surface area contributed by atoms with Crippen molar-refractivity contribution in [3.05, 3.63) is 35.4 Å². The molecule has 1 aromatic rings. The Balaban J connectivity index is 2.69. The van der Waals surface area contributed by atoms with Crippen molar-refractivity contribution in [2.75, 3.05) is 20.6 Å². The monoisotopic (exact) mass is 306 g/mol. The fourth-order valence-electron chi connectivity index (χ4n) is 2.00. The van der Waals surface area contributed by atoms with E-state index in [9.17, 15) is 14.7 Å². The van der Waals surface area contributed by atoms with Crippen molar-refractivity contribution in [1.82, 2.24) is 10.2 Å². The summed E-state index contributed by atoms with van der Waals surface area (Å²) in [6.45, 7) is 5.87. The number of hydrogen-bond acceptors (Lipinski definition) is 3. The first-order chi connectivity index (χ1) is 10.2. The molecule has 2 amide bonds. The first kappa shape index (κ1) is 18.2. The molecule has 0 heterocycles. The molecule has 2 unspecified atom stereocenters. The van der Waals surface area contributed by atoms with E-state index < -0.39 is 5.60 Å². The van der Waals surface area contributed by atoms with Crippen molar-refractivity contribution in [1.29, 1.82) is 0 Å². The Morgan fingerprint density at radius 3 is 2.18 bits per heavy atom. The largest absolute Gasteiger partial charge is 0.388 e. The summed E-state index contributed by atoms with van der Waals surface area (Å²) >= 11 is 0. The first-order valence-electron chi connectivity index (χ1n) is 7.51. The lowest BCUT2D eigenvalue weighted by Gasteiger charge is -2.29. The zero-order chi connectivity index (χ0) is 16.9. The van der Waals surface area contributed by atoms with Crippen LogP contribution in [-0.2, 0) is 0 Å². The number of carbonyl (C=O) groups excluding carboxylic acids is 2. The minimum absolute atomic E-state index is 0.0906. The van der Waals surface area contributed by atoms with E-state index in [-0.39, 0.29) is 24.3 Å². The van der Waals surface area contributed by atoms with Crippen LogP contribution in [-0.4, -0.2) is 48.1 Å². The summed E-state index contributed by atoms with van der Waals surface area (Å²) in [5, 5.41) is 13.0. The highest BCUT2D eigenvalue weighted by atomic mass is 16.3. The van der Waals surface area contributed by atoms with Crippen molar-refractivity contribution in [2.45, 2.75) is 32.8 Å². The second-order valence-electron chi connectivity index (χ2n) is 6.13. The fraction of sp³-hybridized carbons (Fsp3) is 0.529. The summed E-state index contributed by atoms with van der Waals surface area (Å²) in [4.78, 5) is 25.4. The quantitative estimate of drug-likeness (QED) is 0.843. The molecule has 0 aliphatic carbocycles. The van der Waals surface area contributed by atoms with Gasteiger partial charge in [0.15, 0.2) is 0 Å². The van der Waals surface area contributed by atoms with E-state index >= 15 is 0 Å². The number of hydrogen-bond donors (Lipinski definition) is 2. The molecule has 0 saturated heterocycles. The van der Waals surface area contributed by atoms with Gasteiger partial charge in [-0.15, -0.1) is 0 Å². The van der Waals surface area contributed by atoms with Gasteiger partial charge in [0.2, 0.25) is 0 Å². The fourth-order valence-corrected chi connectivity index (χ4v) is 2.00. The second kappa shape index (κ2) is 7.40. The van der Waals surface area contributed by atoms with Crippen LogP contribution in [0.25, 0.3) is 0 Å². The number of aliphatic hydroxyl groups is 1. The predicted octanol–water partition coefficient (Wildman–Crippen LogP) is 1.92. The van der Waals surface area contributed by atoms with E-state index in [1.165, 1.54) is 4.90 Å². The topological polar surface area (TPSA) is 69.6 Å². The summed E-state index contributed by atoms with van der Waals surface area (Å²) < 4.78 is 0. The second-order valence-corrected chi connectivity index (χ2v) is 6.13. The highest BCUT2D eigenvalue weighted by Gasteiger charge is 2.27. The van der Waals surface area contributed by atoms with Crippen molar-refractivity contribution >= 4 is 11.8 Å². The van der Waals surface area contributed by atoms with Gasteiger partial charge in [-0.3, -0.25) is 9.59 Å². The summed E-state index contributed by atoms with van der Waals surface area (Å²) in [6.07, 6.45) is 0.838. The number of carbonyl (C=O) groups is 2. The van der Waals surface area contributed by atoms with E-state index in [1.807, 2.05) is 13.8 Å². The molecule has 0 aliphatic heterocycles. The van der Waals surface area contributed by atoms with E-state index in [2.05, 4.69) is 5.32 Å². The van der Waals surface area contributed by atoms with Crippen molar-refractivity contribution in [3.63, 3.8) is 0 Å². The molecule has 2 atom stereocenters. The summed E-state index contributed by atoms with van der Waals surface area (Å²) in [5.74, 6) is -0.271. The van der Waals surface area contributed by atoms with Gasteiger partial charge in [-0.2, -0.15) is 0 Å². The van der Waals surface area contributed by atoms with E-state index in [4.69, 9.17) is 0 Å². The van der Waals surface area contributed by atoms with Gasteiger partial charge < -0.3 is 15.3 Å². The molecule has 2 N–H and O–H groups in total. The molecule has 122 valence electrons. The summed E-state index contributed by atoms with van der Waals surface area (Å²) in [5.41, 5.74) is 0.0639. The SMILES string of the molecule is CCC(C)C(C)(O)CNC(=O)c1ccc(C(=O)N(C)C)cc1. The molecule has 0 radical (unpaired) electrons. The molecule has 0 saturated carbocycles. The lowest BCUT2D eigenvalue weighted by Crippen LogP contribution is -2.45. The maximum absolute atomic E-state index is 12.1. The van der Waals surface area contributed by atoms with Gasteiger partial charge in [0.05, 0.1) is 5.60 Å². The van der Waals surface area contributed by atoms with Crippen molar-refractivity contribution in [3.8, 4) is 0 Å².